The third-order valence-corrected chi connectivity index (χ3v) is 6.59. The van der Waals surface area contributed by atoms with Crippen molar-refractivity contribution < 1.29 is 13.9 Å². The maximum Gasteiger partial charge on any atom is 0.246 e. The third-order valence-electron chi connectivity index (χ3n) is 6.29. The van der Waals surface area contributed by atoms with E-state index in [9.17, 15) is 9.18 Å². The molecule has 0 bridgehead atoms. The summed E-state index contributed by atoms with van der Waals surface area (Å²) in [5.74, 6) is 0.432. The number of carbonyl (C=O) groups excluding carboxylic acids is 1. The summed E-state index contributed by atoms with van der Waals surface area (Å²) in [7, 11) is 0. The topological polar surface area (TPSA) is 98.4 Å². The van der Waals surface area contributed by atoms with E-state index >= 15 is 0 Å². The number of H-pyrrole nitrogens is 1. The van der Waals surface area contributed by atoms with Crippen molar-refractivity contribution in [1.82, 2.24) is 19.9 Å². The highest BCUT2D eigenvalue weighted by Crippen LogP contribution is 2.32. The van der Waals surface area contributed by atoms with Crippen molar-refractivity contribution in [3.05, 3.63) is 47.9 Å². The number of anilines is 4. The van der Waals surface area contributed by atoms with E-state index in [2.05, 4.69) is 32.2 Å². The molecule has 1 aromatic carbocycles. The molecule has 2 saturated heterocycles. The number of morpholine rings is 1. The molecule has 184 valence electrons. The predicted molar refractivity (Wildman–Crippen MR) is 135 cm³/mol. The van der Waals surface area contributed by atoms with E-state index in [4.69, 9.17) is 16.3 Å². The van der Waals surface area contributed by atoms with Crippen LogP contribution in [-0.4, -0.2) is 71.2 Å². The average Bonchev–Trinajstić information content (AvgIpc) is 3.25. The maximum atomic E-state index is 14.9. The fourth-order valence-electron chi connectivity index (χ4n) is 4.55. The number of nitrogens with one attached hydrogen (secondary N) is 3. The molecule has 0 saturated carbocycles. The highest BCUT2D eigenvalue weighted by Gasteiger charge is 2.24. The van der Waals surface area contributed by atoms with E-state index in [1.54, 1.807) is 23.2 Å². The van der Waals surface area contributed by atoms with E-state index in [-0.39, 0.29) is 17.8 Å². The maximum absolute atomic E-state index is 14.9. The van der Waals surface area contributed by atoms with Gasteiger partial charge in [-0.05, 0) is 37.1 Å². The zero-order valence-electron chi connectivity index (χ0n) is 19.2. The highest BCUT2D eigenvalue weighted by atomic mass is 35.5. The summed E-state index contributed by atoms with van der Waals surface area (Å²) in [4.78, 5) is 28.0. The molecule has 1 amide bonds. The molecule has 2 fully saturated rings. The van der Waals surface area contributed by atoms with Gasteiger partial charge in [-0.3, -0.25) is 4.79 Å². The van der Waals surface area contributed by atoms with Crippen molar-refractivity contribution in [2.75, 3.05) is 54.9 Å². The second kappa shape index (κ2) is 10.1. The van der Waals surface area contributed by atoms with E-state index < -0.39 is 0 Å². The lowest BCUT2D eigenvalue weighted by Gasteiger charge is -2.33. The zero-order chi connectivity index (χ0) is 24.4. The predicted octanol–water partition coefficient (Wildman–Crippen LogP) is 3.92. The Bertz CT molecular complexity index is 1240. The Hall–Kier alpha value is -3.37. The van der Waals surface area contributed by atoms with E-state index in [1.807, 2.05) is 4.90 Å². The standard InChI is InChI=1S/C24H27ClFN7O2/c1-2-20(34)33-7-3-4-16(14-33)28-23-21-17(25)13-27-22(21)30-24(31-23)29-15-5-6-19(18(26)12-15)32-8-10-35-11-9-32/h2,5-6,12-13,16H,1,3-4,7-11,14H2,(H3,27,28,29,30,31)/t16-/m1/s1. The number of piperidine rings is 1. The van der Waals surface area contributed by atoms with Crippen molar-refractivity contribution in [2.45, 2.75) is 18.9 Å². The first kappa shape index (κ1) is 23.4. The van der Waals surface area contributed by atoms with Crippen LogP contribution in [0.2, 0.25) is 5.02 Å². The second-order valence-corrected chi connectivity index (χ2v) is 9.03. The molecule has 5 rings (SSSR count). The SMILES string of the molecule is C=CC(=O)N1CCC[C@@H](Nc2nc(Nc3ccc(N4CCOCC4)c(F)c3)nc3[nH]cc(Cl)c23)C1. The van der Waals surface area contributed by atoms with Crippen LogP contribution in [0.5, 0.6) is 0 Å². The van der Waals surface area contributed by atoms with Crippen molar-refractivity contribution in [3.63, 3.8) is 0 Å². The Kier molecular flexibility index (Phi) is 6.74. The number of rotatable bonds is 6. The van der Waals surface area contributed by atoms with Gasteiger partial charge in [0, 0.05) is 44.1 Å². The number of aromatic nitrogens is 3. The van der Waals surface area contributed by atoms with Crippen molar-refractivity contribution in [1.29, 1.82) is 0 Å². The molecule has 1 atom stereocenters. The zero-order valence-corrected chi connectivity index (χ0v) is 19.9. The quantitative estimate of drug-likeness (QED) is 0.442. The highest BCUT2D eigenvalue weighted by molar-refractivity contribution is 6.36. The first-order chi connectivity index (χ1) is 17.0. The summed E-state index contributed by atoms with van der Waals surface area (Å²) in [6.07, 6.45) is 4.73. The van der Waals surface area contributed by atoms with E-state index in [0.717, 1.165) is 12.8 Å². The molecule has 0 unspecified atom stereocenters. The number of carbonyl (C=O) groups is 1. The van der Waals surface area contributed by atoms with Crippen LogP contribution in [0, 0.1) is 5.82 Å². The molecule has 0 radical (unpaired) electrons. The number of hydrogen-bond donors (Lipinski definition) is 3. The molecule has 3 aromatic rings. The lowest BCUT2D eigenvalue weighted by molar-refractivity contribution is -0.127. The van der Waals surface area contributed by atoms with Crippen LogP contribution >= 0.6 is 11.6 Å². The molecular formula is C24H27ClFN7O2. The molecule has 0 spiro atoms. The summed E-state index contributed by atoms with van der Waals surface area (Å²) < 4.78 is 20.2. The van der Waals surface area contributed by atoms with Gasteiger partial charge >= 0.3 is 0 Å². The monoisotopic (exact) mass is 499 g/mol. The number of ether oxygens (including phenoxy) is 1. The summed E-state index contributed by atoms with van der Waals surface area (Å²) in [5.41, 5.74) is 1.63. The molecule has 2 aliphatic rings. The molecular weight excluding hydrogens is 473 g/mol. The van der Waals surface area contributed by atoms with Gasteiger partial charge in [0.2, 0.25) is 11.9 Å². The van der Waals surface area contributed by atoms with Crippen molar-refractivity contribution >= 4 is 51.7 Å². The van der Waals surface area contributed by atoms with Gasteiger partial charge in [0.25, 0.3) is 0 Å². The lowest BCUT2D eigenvalue weighted by Crippen LogP contribution is -2.44. The lowest BCUT2D eigenvalue weighted by atomic mass is 10.1. The number of aromatic amines is 1. The first-order valence-electron chi connectivity index (χ1n) is 11.6. The molecule has 2 aliphatic heterocycles. The van der Waals surface area contributed by atoms with Gasteiger partial charge in [-0.1, -0.05) is 18.2 Å². The number of likely N-dealkylation sites (tertiary alicyclic amines) is 1. The number of amides is 1. The number of fused-ring (bicyclic) bond motifs is 1. The van der Waals surface area contributed by atoms with Crippen LogP contribution in [0.25, 0.3) is 11.0 Å². The summed E-state index contributed by atoms with van der Waals surface area (Å²) in [6.45, 7) is 7.30. The van der Waals surface area contributed by atoms with E-state index in [0.29, 0.717) is 78.6 Å². The van der Waals surface area contributed by atoms with Crippen molar-refractivity contribution in [2.24, 2.45) is 0 Å². The number of hydrogen-bond acceptors (Lipinski definition) is 7. The minimum atomic E-state index is -0.326. The Morgan fingerprint density at radius 2 is 2.11 bits per heavy atom. The molecule has 0 aliphatic carbocycles. The van der Waals surface area contributed by atoms with Crippen molar-refractivity contribution in [3.8, 4) is 0 Å². The number of nitrogens with zero attached hydrogens (tertiary/aromatic N) is 4. The largest absolute Gasteiger partial charge is 0.378 e. The first-order valence-corrected chi connectivity index (χ1v) is 12.0. The fourth-order valence-corrected chi connectivity index (χ4v) is 4.78. The smallest absolute Gasteiger partial charge is 0.246 e. The Balaban J connectivity index is 1.38. The Morgan fingerprint density at radius 1 is 1.29 bits per heavy atom. The number of halogens is 2. The van der Waals surface area contributed by atoms with E-state index in [1.165, 1.54) is 12.1 Å². The van der Waals surface area contributed by atoms with Crippen LogP contribution in [0.4, 0.5) is 27.5 Å². The molecule has 3 N–H and O–H groups in total. The minimum absolute atomic E-state index is 0.00480. The summed E-state index contributed by atoms with van der Waals surface area (Å²) in [5, 5.41) is 7.69. The number of benzene rings is 1. The van der Waals surface area contributed by atoms with Gasteiger partial charge in [-0.15, -0.1) is 0 Å². The fraction of sp³-hybridized carbons (Fsp3) is 0.375. The Labute approximate surface area is 207 Å². The van der Waals surface area contributed by atoms with Gasteiger partial charge in [-0.25, -0.2) is 4.39 Å². The van der Waals surface area contributed by atoms with Gasteiger partial charge in [0.15, 0.2) is 0 Å². The molecule has 9 nitrogen and oxygen atoms in total. The van der Waals surface area contributed by atoms with Gasteiger partial charge in [-0.2, -0.15) is 9.97 Å². The summed E-state index contributed by atoms with van der Waals surface area (Å²) in [6, 6.07) is 4.98. The Morgan fingerprint density at radius 3 is 2.89 bits per heavy atom. The second-order valence-electron chi connectivity index (χ2n) is 8.62. The normalized spacial score (nSPS) is 18.5. The molecule has 35 heavy (non-hydrogen) atoms. The van der Waals surface area contributed by atoms with Crippen LogP contribution < -0.4 is 15.5 Å². The van der Waals surface area contributed by atoms with Gasteiger partial charge in [0.1, 0.15) is 17.3 Å². The molecule has 4 heterocycles. The van der Waals surface area contributed by atoms with Crippen LogP contribution in [0.3, 0.4) is 0 Å². The average molecular weight is 500 g/mol. The van der Waals surface area contributed by atoms with Gasteiger partial charge < -0.3 is 30.2 Å². The summed E-state index contributed by atoms with van der Waals surface area (Å²) >= 11 is 6.41. The third kappa shape index (κ3) is 5.03. The minimum Gasteiger partial charge on any atom is -0.378 e. The van der Waals surface area contributed by atoms with Crippen LogP contribution in [0.15, 0.2) is 37.1 Å². The molecule has 2 aromatic heterocycles. The van der Waals surface area contributed by atoms with Gasteiger partial charge in [0.05, 0.1) is 29.3 Å². The molecule has 11 heteroatoms. The van der Waals surface area contributed by atoms with Crippen LogP contribution in [-0.2, 0) is 9.53 Å². The van der Waals surface area contributed by atoms with Crippen LogP contribution in [0.1, 0.15) is 12.8 Å².